The summed E-state index contributed by atoms with van der Waals surface area (Å²) in [6.45, 7) is 1.28. The number of fused-ring (bicyclic) bond motifs is 1. The molecule has 1 fully saturated rings. The van der Waals surface area contributed by atoms with Gasteiger partial charge in [0.05, 0.1) is 11.5 Å². The fourth-order valence-corrected chi connectivity index (χ4v) is 3.50. The van der Waals surface area contributed by atoms with Crippen LogP contribution in [-0.4, -0.2) is 51.9 Å². The van der Waals surface area contributed by atoms with Gasteiger partial charge in [-0.05, 0) is 6.07 Å². The van der Waals surface area contributed by atoms with Gasteiger partial charge in [-0.25, -0.2) is 9.97 Å². The number of halogens is 1. The highest BCUT2D eigenvalue weighted by molar-refractivity contribution is 6.33. The topological polar surface area (TPSA) is 80.5 Å². The van der Waals surface area contributed by atoms with Gasteiger partial charge < -0.3 is 19.3 Å². The van der Waals surface area contributed by atoms with E-state index in [0.29, 0.717) is 10.7 Å². The molecule has 4 rings (SSSR count). The number of methoxy groups -OCH3 is 1. The van der Waals surface area contributed by atoms with E-state index in [1.165, 1.54) is 6.33 Å². The van der Waals surface area contributed by atoms with Gasteiger partial charge in [0.25, 0.3) is 0 Å². The zero-order valence-corrected chi connectivity index (χ0v) is 14.8. The maximum absolute atomic E-state index is 11.3. The third-order valence-electron chi connectivity index (χ3n) is 4.58. The molecule has 3 heterocycles. The van der Waals surface area contributed by atoms with Gasteiger partial charge in [0, 0.05) is 42.5 Å². The smallest absolute Gasteiger partial charge is 0.323 e. The van der Waals surface area contributed by atoms with Crippen LogP contribution in [0.15, 0.2) is 36.8 Å². The summed E-state index contributed by atoms with van der Waals surface area (Å²) >= 11 is 6.40. The van der Waals surface area contributed by atoms with Crippen molar-refractivity contribution in [3.63, 3.8) is 0 Å². The van der Waals surface area contributed by atoms with Crippen LogP contribution in [0.2, 0.25) is 5.02 Å². The Morgan fingerprint density at radius 1 is 1.31 bits per heavy atom. The molecule has 1 aliphatic rings. The van der Waals surface area contributed by atoms with Crippen molar-refractivity contribution in [1.82, 2.24) is 14.5 Å². The molecule has 26 heavy (non-hydrogen) atoms. The van der Waals surface area contributed by atoms with Crippen molar-refractivity contribution in [3.8, 4) is 11.1 Å². The van der Waals surface area contributed by atoms with Gasteiger partial charge >= 0.3 is 5.97 Å². The Labute approximate surface area is 154 Å². The Balaban J connectivity index is 1.92. The van der Waals surface area contributed by atoms with Gasteiger partial charge in [0.2, 0.25) is 0 Å². The first-order valence-electron chi connectivity index (χ1n) is 8.16. The first-order valence-corrected chi connectivity index (χ1v) is 8.54. The molecule has 1 N–H and O–H groups in total. The first kappa shape index (κ1) is 16.8. The molecule has 0 spiro atoms. The molecule has 0 radical (unpaired) electrons. The Hall–Kier alpha value is -2.64. The normalized spacial score (nSPS) is 14.6. The average Bonchev–Trinajstić information content (AvgIpc) is 2.93. The van der Waals surface area contributed by atoms with Crippen LogP contribution in [0.25, 0.3) is 22.2 Å². The lowest BCUT2D eigenvalue weighted by atomic mass is 10.0. The van der Waals surface area contributed by atoms with Crippen LogP contribution >= 0.6 is 11.6 Å². The number of rotatable bonds is 5. The molecular formula is C18H17ClN4O3. The second-order valence-corrected chi connectivity index (χ2v) is 6.61. The monoisotopic (exact) mass is 372 g/mol. The summed E-state index contributed by atoms with van der Waals surface area (Å²) in [6.07, 6.45) is 3.42. The Kier molecular flexibility index (Phi) is 4.26. The molecule has 1 aromatic carbocycles. The molecule has 0 saturated carbocycles. The van der Waals surface area contributed by atoms with E-state index >= 15 is 0 Å². The van der Waals surface area contributed by atoms with Gasteiger partial charge in [-0.2, -0.15) is 0 Å². The van der Waals surface area contributed by atoms with E-state index in [9.17, 15) is 9.90 Å². The summed E-state index contributed by atoms with van der Waals surface area (Å²) in [5, 5.41) is 10.6. The highest BCUT2D eigenvalue weighted by Gasteiger charge is 2.31. The van der Waals surface area contributed by atoms with Crippen LogP contribution in [0.5, 0.6) is 0 Å². The van der Waals surface area contributed by atoms with Crippen molar-refractivity contribution in [2.45, 2.75) is 12.6 Å². The van der Waals surface area contributed by atoms with Crippen molar-refractivity contribution in [1.29, 1.82) is 0 Å². The van der Waals surface area contributed by atoms with Crippen molar-refractivity contribution < 1.29 is 14.6 Å². The third-order valence-corrected chi connectivity index (χ3v) is 4.91. The van der Waals surface area contributed by atoms with E-state index in [-0.39, 0.29) is 12.6 Å². The van der Waals surface area contributed by atoms with Gasteiger partial charge in [0.15, 0.2) is 0 Å². The van der Waals surface area contributed by atoms with Crippen LogP contribution in [0.4, 0.5) is 5.82 Å². The zero-order chi connectivity index (χ0) is 18.3. The number of anilines is 1. The standard InChI is InChI=1S/C18H17ClN4O3/c1-26-11-6-22(7-11)17-16-13(12-4-2-3-5-14(12)19)8-23(9-15(24)25)18(16)21-10-20-17/h2-5,8,10-11H,6-7,9H2,1H3,(H,24,25). The average molecular weight is 373 g/mol. The van der Waals surface area contributed by atoms with Crippen molar-refractivity contribution in [2.24, 2.45) is 0 Å². The molecule has 1 aliphatic heterocycles. The van der Waals surface area contributed by atoms with Gasteiger partial charge in [0.1, 0.15) is 24.3 Å². The Morgan fingerprint density at radius 2 is 2.08 bits per heavy atom. The lowest BCUT2D eigenvalue weighted by molar-refractivity contribution is -0.137. The van der Waals surface area contributed by atoms with Crippen molar-refractivity contribution in [2.75, 3.05) is 25.1 Å². The summed E-state index contributed by atoms with van der Waals surface area (Å²) in [6, 6.07) is 7.48. The number of hydrogen-bond donors (Lipinski definition) is 1. The molecule has 2 aromatic heterocycles. The van der Waals surface area contributed by atoms with Gasteiger partial charge in [-0.3, -0.25) is 4.79 Å². The quantitative estimate of drug-likeness (QED) is 0.741. The fraction of sp³-hybridized carbons (Fsp3) is 0.278. The van der Waals surface area contributed by atoms with E-state index in [0.717, 1.165) is 35.4 Å². The summed E-state index contributed by atoms with van der Waals surface area (Å²) in [5.41, 5.74) is 2.22. The Morgan fingerprint density at radius 3 is 2.77 bits per heavy atom. The number of carboxylic acids is 1. The fourth-order valence-electron chi connectivity index (χ4n) is 3.26. The predicted molar refractivity (Wildman–Crippen MR) is 98.6 cm³/mol. The highest BCUT2D eigenvalue weighted by Crippen LogP contribution is 2.39. The number of benzene rings is 1. The lowest BCUT2D eigenvalue weighted by Gasteiger charge is -2.39. The van der Waals surface area contributed by atoms with Crippen LogP contribution in [0.3, 0.4) is 0 Å². The van der Waals surface area contributed by atoms with E-state index < -0.39 is 5.97 Å². The third kappa shape index (κ3) is 2.79. The molecule has 0 aliphatic carbocycles. The summed E-state index contributed by atoms with van der Waals surface area (Å²) in [5.74, 6) is -0.168. The second-order valence-electron chi connectivity index (χ2n) is 6.20. The molecule has 134 valence electrons. The lowest BCUT2D eigenvalue weighted by Crippen LogP contribution is -2.52. The van der Waals surface area contributed by atoms with Crippen molar-refractivity contribution in [3.05, 3.63) is 41.8 Å². The molecule has 0 atom stereocenters. The molecular weight excluding hydrogens is 356 g/mol. The number of carboxylic acid groups (broad SMARTS) is 1. The van der Waals surface area contributed by atoms with Gasteiger partial charge in [-0.15, -0.1) is 0 Å². The van der Waals surface area contributed by atoms with Crippen LogP contribution in [-0.2, 0) is 16.1 Å². The zero-order valence-electron chi connectivity index (χ0n) is 14.1. The second kappa shape index (κ2) is 6.59. The Bertz CT molecular complexity index is 982. The summed E-state index contributed by atoms with van der Waals surface area (Å²) < 4.78 is 6.97. The van der Waals surface area contributed by atoms with E-state index in [1.54, 1.807) is 17.9 Å². The number of nitrogens with zero attached hydrogens (tertiary/aromatic N) is 4. The first-order chi connectivity index (χ1) is 12.6. The molecule has 1 saturated heterocycles. The largest absolute Gasteiger partial charge is 0.480 e. The van der Waals surface area contributed by atoms with Crippen LogP contribution < -0.4 is 4.90 Å². The van der Waals surface area contributed by atoms with Crippen molar-refractivity contribution >= 4 is 34.4 Å². The van der Waals surface area contributed by atoms with Crippen LogP contribution in [0.1, 0.15) is 0 Å². The van der Waals surface area contributed by atoms with E-state index in [2.05, 4.69) is 14.9 Å². The summed E-state index contributed by atoms with van der Waals surface area (Å²) in [7, 11) is 1.69. The number of ether oxygens (including phenoxy) is 1. The summed E-state index contributed by atoms with van der Waals surface area (Å²) in [4.78, 5) is 22.2. The minimum Gasteiger partial charge on any atom is -0.480 e. The molecule has 0 amide bonds. The maximum Gasteiger partial charge on any atom is 0.323 e. The van der Waals surface area contributed by atoms with Gasteiger partial charge in [-0.1, -0.05) is 29.8 Å². The molecule has 7 nitrogen and oxygen atoms in total. The predicted octanol–water partition coefficient (Wildman–Crippen LogP) is 2.67. The highest BCUT2D eigenvalue weighted by atomic mass is 35.5. The maximum atomic E-state index is 11.3. The molecule has 0 bridgehead atoms. The number of aromatic nitrogens is 3. The number of aliphatic carboxylic acids is 1. The number of hydrogen-bond acceptors (Lipinski definition) is 5. The van der Waals surface area contributed by atoms with E-state index in [4.69, 9.17) is 16.3 Å². The van der Waals surface area contributed by atoms with Crippen LogP contribution in [0, 0.1) is 0 Å². The molecule has 0 unspecified atom stereocenters. The van der Waals surface area contributed by atoms with E-state index in [1.807, 2.05) is 24.3 Å². The SMILES string of the molecule is COC1CN(c2ncnc3c2c(-c2ccccc2Cl)cn3CC(=O)O)C1. The molecule has 3 aromatic rings. The number of carbonyl (C=O) groups is 1. The minimum atomic E-state index is -0.934. The molecule has 8 heteroatoms. The minimum absolute atomic E-state index is 0.171.